The second kappa shape index (κ2) is 6.84. The Morgan fingerprint density at radius 3 is 2.70 bits per heavy atom. The molecule has 0 saturated heterocycles. The van der Waals surface area contributed by atoms with Crippen molar-refractivity contribution in [3.05, 3.63) is 40.7 Å². The first-order valence-electron chi connectivity index (χ1n) is 6.93. The lowest BCUT2D eigenvalue weighted by Crippen LogP contribution is -2.09. The van der Waals surface area contributed by atoms with E-state index >= 15 is 0 Å². The molecule has 8 heteroatoms. The zero-order valence-corrected chi connectivity index (χ0v) is 14.1. The van der Waals surface area contributed by atoms with Crippen molar-refractivity contribution < 1.29 is 9.53 Å². The molecule has 3 rings (SSSR count). The number of amides is 1. The van der Waals surface area contributed by atoms with Gasteiger partial charge < -0.3 is 4.74 Å². The van der Waals surface area contributed by atoms with E-state index in [2.05, 4.69) is 19.9 Å². The number of rotatable bonds is 5. The number of aromatic nitrogens is 3. The second-order valence-corrected chi connectivity index (χ2v) is 6.61. The molecule has 0 unspecified atom stereocenters. The zero-order chi connectivity index (χ0) is 16.2. The van der Waals surface area contributed by atoms with E-state index in [1.165, 1.54) is 17.5 Å². The summed E-state index contributed by atoms with van der Waals surface area (Å²) in [5.74, 6) is 0.576. The molecular formula is C15H14N4O2S2. The third kappa shape index (κ3) is 3.91. The van der Waals surface area contributed by atoms with Crippen molar-refractivity contribution in [1.82, 2.24) is 14.6 Å². The van der Waals surface area contributed by atoms with Crippen LogP contribution >= 0.6 is 22.9 Å². The molecule has 0 aliphatic rings. The third-order valence-electron chi connectivity index (χ3n) is 2.83. The molecule has 0 bridgehead atoms. The average Bonchev–Trinajstić information content (AvgIpc) is 3.18. The van der Waals surface area contributed by atoms with Crippen LogP contribution in [0.3, 0.4) is 0 Å². The van der Waals surface area contributed by atoms with E-state index in [4.69, 9.17) is 4.74 Å². The quantitative estimate of drug-likeness (QED) is 0.762. The highest BCUT2D eigenvalue weighted by Gasteiger charge is 2.12. The molecule has 0 spiro atoms. The third-order valence-corrected chi connectivity index (χ3v) is 4.25. The highest BCUT2D eigenvalue weighted by molar-refractivity contribution is 7.14. The Balaban J connectivity index is 1.70. The molecular weight excluding hydrogens is 332 g/mol. The normalized spacial score (nSPS) is 10.7. The first-order valence-corrected chi connectivity index (χ1v) is 8.58. The fourth-order valence-corrected chi connectivity index (χ4v) is 2.99. The summed E-state index contributed by atoms with van der Waals surface area (Å²) < 4.78 is 9.29. The summed E-state index contributed by atoms with van der Waals surface area (Å²) in [6.45, 7) is 3.98. The van der Waals surface area contributed by atoms with Gasteiger partial charge in [0.1, 0.15) is 10.6 Å². The number of thiazole rings is 1. The van der Waals surface area contributed by atoms with Crippen LogP contribution in [-0.4, -0.2) is 26.6 Å². The van der Waals surface area contributed by atoms with E-state index in [0.717, 1.165) is 28.5 Å². The lowest BCUT2D eigenvalue weighted by Gasteiger charge is -2.09. The molecule has 1 aromatic carbocycles. The highest BCUT2D eigenvalue weighted by atomic mass is 32.1. The number of hydrogen-bond donors (Lipinski definition) is 1. The lowest BCUT2D eigenvalue weighted by atomic mass is 10.2. The van der Waals surface area contributed by atoms with Gasteiger partial charge in [0, 0.05) is 10.9 Å². The predicted molar refractivity (Wildman–Crippen MR) is 91.2 cm³/mol. The van der Waals surface area contributed by atoms with Crippen LogP contribution in [-0.2, 0) is 0 Å². The van der Waals surface area contributed by atoms with Crippen LogP contribution in [0.2, 0.25) is 0 Å². The number of carbonyl (C=O) groups is 1. The molecule has 3 aromatic rings. The van der Waals surface area contributed by atoms with Crippen LogP contribution in [0.1, 0.15) is 23.5 Å². The lowest BCUT2D eigenvalue weighted by molar-refractivity contribution is 0.103. The predicted octanol–water partition coefficient (Wildman–Crippen LogP) is 3.70. The molecule has 0 radical (unpaired) electrons. The molecule has 1 N–H and O–H groups in total. The minimum atomic E-state index is -0.249. The Morgan fingerprint density at radius 1 is 1.26 bits per heavy atom. The van der Waals surface area contributed by atoms with Gasteiger partial charge in [0.25, 0.3) is 5.91 Å². The molecule has 1 amide bonds. The molecule has 0 aliphatic heterocycles. The van der Waals surface area contributed by atoms with Crippen molar-refractivity contribution in [3.8, 4) is 17.0 Å². The number of benzene rings is 1. The van der Waals surface area contributed by atoms with E-state index in [9.17, 15) is 4.79 Å². The van der Waals surface area contributed by atoms with Gasteiger partial charge in [-0.1, -0.05) is 4.49 Å². The van der Waals surface area contributed by atoms with Crippen LogP contribution in [0, 0.1) is 0 Å². The van der Waals surface area contributed by atoms with Crippen molar-refractivity contribution in [3.63, 3.8) is 0 Å². The first-order chi connectivity index (χ1) is 11.1. The molecule has 23 heavy (non-hydrogen) atoms. The van der Waals surface area contributed by atoms with Crippen molar-refractivity contribution >= 4 is 33.9 Å². The van der Waals surface area contributed by atoms with Gasteiger partial charge in [0.15, 0.2) is 5.13 Å². The van der Waals surface area contributed by atoms with E-state index < -0.39 is 0 Å². The van der Waals surface area contributed by atoms with E-state index in [1.807, 2.05) is 43.5 Å². The maximum absolute atomic E-state index is 11.9. The average molecular weight is 346 g/mol. The standard InChI is InChI=1S/C15H14N4O2S2/c1-9(2)21-11-5-3-10(4-6-11)12-8-22-15(17-12)18-14(20)13-7-16-19-23-13/h3-9H,1-2H3,(H,17,18,20). The summed E-state index contributed by atoms with van der Waals surface area (Å²) in [4.78, 5) is 16.8. The molecule has 6 nitrogen and oxygen atoms in total. The number of nitrogens with one attached hydrogen (secondary N) is 1. The van der Waals surface area contributed by atoms with Gasteiger partial charge in [-0.2, -0.15) is 0 Å². The van der Waals surface area contributed by atoms with Crippen molar-refractivity contribution in [2.75, 3.05) is 5.32 Å². The Bertz CT molecular complexity index is 782. The SMILES string of the molecule is CC(C)Oc1ccc(-c2csc(NC(=O)c3cnns3)n2)cc1. The van der Waals surface area contributed by atoms with Gasteiger partial charge in [-0.3, -0.25) is 10.1 Å². The number of carbonyl (C=O) groups excluding carboxylic acids is 1. The maximum Gasteiger partial charge on any atom is 0.270 e. The second-order valence-electron chi connectivity index (χ2n) is 4.96. The zero-order valence-electron chi connectivity index (χ0n) is 12.5. The topological polar surface area (TPSA) is 77.0 Å². The molecule has 0 saturated carbocycles. The summed E-state index contributed by atoms with van der Waals surface area (Å²) >= 11 is 2.42. The summed E-state index contributed by atoms with van der Waals surface area (Å²) in [5, 5.41) is 8.84. The fourth-order valence-electron chi connectivity index (χ4n) is 1.87. The first kappa shape index (κ1) is 15.6. The number of hydrogen-bond acceptors (Lipinski definition) is 7. The van der Waals surface area contributed by atoms with Crippen LogP contribution < -0.4 is 10.1 Å². The monoisotopic (exact) mass is 346 g/mol. The fraction of sp³-hybridized carbons (Fsp3) is 0.200. The minimum Gasteiger partial charge on any atom is -0.491 e. The molecule has 2 aromatic heterocycles. The van der Waals surface area contributed by atoms with Crippen LogP contribution in [0.5, 0.6) is 5.75 Å². The van der Waals surface area contributed by atoms with Gasteiger partial charge in [0.05, 0.1) is 18.0 Å². The van der Waals surface area contributed by atoms with Gasteiger partial charge >= 0.3 is 0 Å². The number of nitrogens with zero attached hydrogens (tertiary/aromatic N) is 3. The number of ether oxygens (including phenoxy) is 1. The Kier molecular flexibility index (Phi) is 4.63. The van der Waals surface area contributed by atoms with Crippen molar-refractivity contribution in [1.29, 1.82) is 0 Å². The van der Waals surface area contributed by atoms with E-state index in [-0.39, 0.29) is 12.0 Å². The highest BCUT2D eigenvalue weighted by Crippen LogP contribution is 2.27. The van der Waals surface area contributed by atoms with Crippen molar-refractivity contribution in [2.45, 2.75) is 20.0 Å². The smallest absolute Gasteiger partial charge is 0.270 e. The Labute approximate surface area is 141 Å². The molecule has 2 heterocycles. The Morgan fingerprint density at radius 2 is 2.04 bits per heavy atom. The largest absolute Gasteiger partial charge is 0.491 e. The van der Waals surface area contributed by atoms with Crippen molar-refractivity contribution in [2.24, 2.45) is 0 Å². The molecule has 0 fully saturated rings. The molecule has 118 valence electrons. The van der Waals surface area contributed by atoms with Gasteiger partial charge in [0.2, 0.25) is 0 Å². The van der Waals surface area contributed by atoms with Gasteiger partial charge in [-0.05, 0) is 49.6 Å². The summed E-state index contributed by atoms with van der Waals surface area (Å²) in [7, 11) is 0. The number of anilines is 1. The van der Waals surface area contributed by atoms with Gasteiger partial charge in [-0.25, -0.2) is 4.98 Å². The molecule has 0 atom stereocenters. The van der Waals surface area contributed by atoms with E-state index in [0.29, 0.717) is 10.0 Å². The maximum atomic E-state index is 11.9. The summed E-state index contributed by atoms with van der Waals surface area (Å²) in [6.07, 6.45) is 1.57. The summed E-state index contributed by atoms with van der Waals surface area (Å²) in [5.41, 5.74) is 1.78. The van der Waals surface area contributed by atoms with Crippen LogP contribution in [0.15, 0.2) is 35.8 Å². The Hall–Kier alpha value is -2.32. The van der Waals surface area contributed by atoms with E-state index in [1.54, 1.807) is 0 Å². The van der Waals surface area contributed by atoms with Crippen LogP contribution in [0.25, 0.3) is 11.3 Å². The van der Waals surface area contributed by atoms with Crippen LogP contribution in [0.4, 0.5) is 5.13 Å². The summed E-state index contributed by atoms with van der Waals surface area (Å²) in [6, 6.07) is 7.73. The molecule has 0 aliphatic carbocycles. The van der Waals surface area contributed by atoms with Gasteiger partial charge in [-0.15, -0.1) is 16.4 Å². The minimum absolute atomic E-state index is 0.142.